The second-order valence-corrected chi connectivity index (χ2v) is 4.01. The van der Waals surface area contributed by atoms with E-state index in [0.717, 1.165) is 26.2 Å². The Balaban J connectivity index is 2.36. The molecule has 1 aromatic rings. The lowest BCUT2D eigenvalue weighted by atomic mass is 10.4. The van der Waals surface area contributed by atoms with Crippen molar-refractivity contribution in [3.8, 4) is 5.88 Å². The molecule has 18 heavy (non-hydrogen) atoms. The third-order valence-electron chi connectivity index (χ3n) is 2.62. The van der Waals surface area contributed by atoms with Gasteiger partial charge in [0, 0.05) is 25.4 Å². The van der Waals surface area contributed by atoms with Crippen molar-refractivity contribution in [1.29, 1.82) is 0 Å². The van der Waals surface area contributed by atoms with E-state index < -0.39 is 0 Å². The Bertz CT molecular complexity index is 333. The average molecular weight is 252 g/mol. The molecule has 0 fully saturated rings. The van der Waals surface area contributed by atoms with E-state index in [2.05, 4.69) is 34.0 Å². The number of rotatable bonds is 9. The molecule has 0 aliphatic rings. The summed E-state index contributed by atoms with van der Waals surface area (Å²) in [6, 6.07) is 1.77. The van der Waals surface area contributed by atoms with E-state index in [0.29, 0.717) is 18.4 Å². The molecule has 0 saturated carbocycles. The third-order valence-corrected chi connectivity index (χ3v) is 2.62. The fraction of sp³-hybridized carbons (Fsp3) is 0.692. The van der Waals surface area contributed by atoms with Crippen LogP contribution in [0.25, 0.3) is 0 Å². The van der Waals surface area contributed by atoms with Gasteiger partial charge in [-0.3, -0.25) is 0 Å². The minimum Gasteiger partial charge on any atom is -0.478 e. The highest BCUT2D eigenvalue weighted by molar-refractivity contribution is 5.27. The summed E-state index contributed by atoms with van der Waals surface area (Å²) in [5.74, 6) is 1.25. The summed E-state index contributed by atoms with van der Waals surface area (Å²) in [7, 11) is 0. The van der Waals surface area contributed by atoms with Crippen LogP contribution in [0.4, 0.5) is 5.95 Å². The Hall–Kier alpha value is -1.36. The van der Waals surface area contributed by atoms with Gasteiger partial charge in [0.1, 0.15) is 0 Å². The van der Waals surface area contributed by atoms with Crippen LogP contribution in [0.2, 0.25) is 0 Å². The molecule has 102 valence electrons. The van der Waals surface area contributed by atoms with Crippen LogP contribution >= 0.6 is 0 Å². The monoisotopic (exact) mass is 252 g/mol. The maximum atomic E-state index is 5.33. The van der Waals surface area contributed by atoms with E-state index in [1.807, 2.05) is 6.92 Å². The number of hydrogen-bond donors (Lipinski definition) is 1. The highest BCUT2D eigenvalue weighted by Crippen LogP contribution is 2.07. The van der Waals surface area contributed by atoms with Gasteiger partial charge in [0.25, 0.3) is 0 Å². The van der Waals surface area contributed by atoms with Crippen LogP contribution in [-0.4, -0.2) is 47.7 Å². The second-order valence-electron chi connectivity index (χ2n) is 4.01. The first kappa shape index (κ1) is 14.7. The van der Waals surface area contributed by atoms with E-state index in [1.165, 1.54) is 6.42 Å². The van der Waals surface area contributed by atoms with Crippen LogP contribution in [0.5, 0.6) is 5.88 Å². The molecule has 0 atom stereocenters. The van der Waals surface area contributed by atoms with Crippen LogP contribution in [0.1, 0.15) is 27.2 Å². The van der Waals surface area contributed by atoms with Crippen molar-refractivity contribution in [2.75, 3.05) is 38.1 Å². The lowest BCUT2D eigenvalue weighted by Crippen LogP contribution is -2.29. The summed E-state index contributed by atoms with van der Waals surface area (Å²) in [6.07, 6.45) is 2.90. The van der Waals surface area contributed by atoms with Crippen molar-refractivity contribution in [2.24, 2.45) is 0 Å². The van der Waals surface area contributed by atoms with Gasteiger partial charge in [-0.15, -0.1) is 0 Å². The normalized spacial score (nSPS) is 10.7. The lowest BCUT2D eigenvalue weighted by molar-refractivity contribution is 0.299. The molecule has 0 saturated heterocycles. The number of hydrogen-bond acceptors (Lipinski definition) is 5. The first-order valence-electron chi connectivity index (χ1n) is 6.72. The molecule has 5 nitrogen and oxygen atoms in total. The second kappa shape index (κ2) is 8.69. The van der Waals surface area contributed by atoms with Crippen molar-refractivity contribution >= 4 is 5.95 Å². The fourth-order valence-electron chi connectivity index (χ4n) is 1.73. The average Bonchev–Trinajstić information content (AvgIpc) is 2.38. The Morgan fingerprint density at radius 3 is 2.78 bits per heavy atom. The van der Waals surface area contributed by atoms with Crippen molar-refractivity contribution in [3.63, 3.8) is 0 Å². The zero-order chi connectivity index (χ0) is 13.2. The molecule has 0 aromatic carbocycles. The molecule has 0 aliphatic carbocycles. The molecule has 0 amide bonds. The number of nitrogens with zero attached hydrogens (tertiary/aromatic N) is 3. The van der Waals surface area contributed by atoms with E-state index in [9.17, 15) is 0 Å². The van der Waals surface area contributed by atoms with Gasteiger partial charge in [-0.2, -0.15) is 4.98 Å². The van der Waals surface area contributed by atoms with Gasteiger partial charge in [-0.25, -0.2) is 4.98 Å². The van der Waals surface area contributed by atoms with E-state index in [-0.39, 0.29) is 0 Å². The van der Waals surface area contributed by atoms with Gasteiger partial charge in [-0.05, 0) is 26.4 Å². The van der Waals surface area contributed by atoms with E-state index in [4.69, 9.17) is 4.74 Å². The SMILES string of the molecule is CCCN(CC)CCNc1nccc(OCC)n1. The summed E-state index contributed by atoms with van der Waals surface area (Å²) in [4.78, 5) is 10.8. The van der Waals surface area contributed by atoms with Gasteiger partial charge < -0.3 is 15.0 Å². The van der Waals surface area contributed by atoms with Crippen LogP contribution in [0, 0.1) is 0 Å². The maximum absolute atomic E-state index is 5.33. The number of ether oxygens (including phenoxy) is 1. The highest BCUT2D eigenvalue weighted by Gasteiger charge is 2.02. The zero-order valence-electron chi connectivity index (χ0n) is 11.6. The molecule has 1 N–H and O–H groups in total. The van der Waals surface area contributed by atoms with E-state index >= 15 is 0 Å². The first-order valence-corrected chi connectivity index (χ1v) is 6.72. The van der Waals surface area contributed by atoms with Crippen molar-refractivity contribution in [2.45, 2.75) is 27.2 Å². The highest BCUT2D eigenvalue weighted by atomic mass is 16.5. The minimum atomic E-state index is 0.621. The van der Waals surface area contributed by atoms with Gasteiger partial charge >= 0.3 is 0 Å². The zero-order valence-corrected chi connectivity index (χ0v) is 11.6. The third kappa shape index (κ3) is 5.31. The Labute approximate surface area is 110 Å². The standard InChI is InChI=1S/C13H24N4O/c1-4-10-17(5-2)11-9-15-13-14-8-7-12(16-13)18-6-3/h7-8H,4-6,9-11H2,1-3H3,(H,14,15,16). The number of likely N-dealkylation sites (N-methyl/N-ethyl adjacent to an activating group) is 1. The summed E-state index contributed by atoms with van der Waals surface area (Å²) >= 11 is 0. The first-order chi connectivity index (χ1) is 8.80. The number of nitrogens with one attached hydrogen (secondary N) is 1. The lowest BCUT2D eigenvalue weighted by Gasteiger charge is -2.19. The Kier molecular flexibility index (Phi) is 7.10. The van der Waals surface area contributed by atoms with Gasteiger partial charge in [0.2, 0.25) is 11.8 Å². The molecule has 1 rings (SSSR count). The van der Waals surface area contributed by atoms with Crippen LogP contribution < -0.4 is 10.1 Å². The van der Waals surface area contributed by atoms with Crippen LogP contribution in [-0.2, 0) is 0 Å². The van der Waals surface area contributed by atoms with Gasteiger partial charge in [0.15, 0.2) is 0 Å². The molecular formula is C13H24N4O. The molecule has 5 heteroatoms. The molecule has 0 bridgehead atoms. The van der Waals surface area contributed by atoms with Crippen molar-refractivity contribution in [3.05, 3.63) is 12.3 Å². The van der Waals surface area contributed by atoms with Crippen LogP contribution in [0.3, 0.4) is 0 Å². The molecular weight excluding hydrogens is 228 g/mol. The van der Waals surface area contributed by atoms with Gasteiger partial charge in [0.05, 0.1) is 6.61 Å². The van der Waals surface area contributed by atoms with Crippen molar-refractivity contribution < 1.29 is 4.74 Å². The van der Waals surface area contributed by atoms with Gasteiger partial charge in [-0.1, -0.05) is 13.8 Å². The number of anilines is 1. The summed E-state index contributed by atoms with van der Waals surface area (Å²) in [5, 5.41) is 3.22. The summed E-state index contributed by atoms with van der Waals surface area (Å²) in [6.45, 7) is 11.0. The molecule has 1 aromatic heterocycles. The fourth-order valence-corrected chi connectivity index (χ4v) is 1.73. The Morgan fingerprint density at radius 2 is 2.11 bits per heavy atom. The summed E-state index contributed by atoms with van der Waals surface area (Å²) in [5.41, 5.74) is 0. The largest absolute Gasteiger partial charge is 0.478 e. The topological polar surface area (TPSA) is 50.3 Å². The predicted molar refractivity (Wildman–Crippen MR) is 74.1 cm³/mol. The summed E-state index contributed by atoms with van der Waals surface area (Å²) < 4.78 is 5.33. The molecule has 0 aliphatic heterocycles. The molecule has 1 heterocycles. The van der Waals surface area contributed by atoms with Crippen molar-refractivity contribution in [1.82, 2.24) is 14.9 Å². The molecule has 0 radical (unpaired) electrons. The smallest absolute Gasteiger partial charge is 0.225 e. The maximum Gasteiger partial charge on any atom is 0.225 e. The molecule has 0 unspecified atom stereocenters. The predicted octanol–water partition coefficient (Wildman–Crippen LogP) is 2.02. The quantitative estimate of drug-likeness (QED) is 0.728. The Morgan fingerprint density at radius 1 is 1.28 bits per heavy atom. The minimum absolute atomic E-state index is 0.621. The van der Waals surface area contributed by atoms with E-state index in [1.54, 1.807) is 12.3 Å². The number of aromatic nitrogens is 2. The van der Waals surface area contributed by atoms with Crippen LogP contribution in [0.15, 0.2) is 12.3 Å². The molecule has 0 spiro atoms.